The second kappa shape index (κ2) is 7.89. The van der Waals surface area contributed by atoms with Gasteiger partial charge in [-0.25, -0.2) is 9.37 Å². The van der Waals surface area contributed by atoms with Crippen LogP contribution in [0.4, 0.5) is 15.8 Å². The van der Waals surface area contributed by atoms with Gasteiger partial charge in [0, 0.05) is 36.0 Å². The molecule has 0 aliphatic rings. The van der Waals surface area contributed by atoms with E-state index in [2.05, 4.69) is 26.2 Å². The molecule has 0 unspecified atom stereocenters. The van der Waals surface area contributed by atoms with Crippen LogP contribution in [-0.4, -0.2) is 20.4 Å². The van der Waals surface area contributed by atoms with Gasteiger partial charge in [0.2, 0.25) is 0 Å². The molecule has 1 aromatic heterocycles. The quantitative estimate of drug-likeness (QED) is 0.451. The Balaban J connectivity index is 1.90. The van der Waals surface area contributed by atoms with Gasteiger partial charge in [0.05, 0.1) is 15.1 Å². The first-order valence-corrected chi connectivity index (χ1v) is 9.16. The number of nitro benzene ring substituents is 1. The molecular formula is C17H12BrFN4O3S. The van der Waals surface area contributed by atoms with E-state index in [4.69, 9.17) is 0 Å². The van der Waals surface area contributed by atoms with Gasteiger partial charge in [-0.3, -0.25) is 14.9 Å². The first-order valence-electron chi connectivity index (χ1n) is 7.55. The van der Waals surface area contributed by atoms with E-state index >= 15 is 0 Å². The SMILES string of the molecule is Cn1ccnc1Sc1ccc(F)cc1NC(=O)c1ccc(Br)c([N+](=O)[O-])c1. The number of rotatable bonds is 5. The minimum Gasteiger partial charge on any atom is -0.329 e. The van der Waals surface area contributed by atoms with Crippen molar-refractivity contribution in [1.29, 1.82) is 0 Å². The molecule has 2 aromatic carbocycles. The first kappa shape index (κ1) is 19.1. The monoisotopic (exact) mass is 450 g/mol. The predicted octanol–water partition coefficient (Wildman–Crippen LogP) is 4.63. The number of hydrogen-bond acceptors (Lipinski definition) is 5. The van der Waals surface area contributed by atoms with Gasteiger partial charge in [0.1, 0.15) is 5.82 Å². The molecule has 0 aliphatic heterocycles. The zero-order valence-corrected chi connectivity index (χ0v) is 16.3. The lowest BCUT2D eigenvalue weighted by Crippen LogP contribution is -2.13. The van der Waals surface area contributed by atoms with Gasteiger partial charge in [-0.1, -0.05) is 0 Å². The van der Waals surface area contributed by atoms with Crippen LogP contribution in [0.2, 0.25) is 0 Å². The summed E-state index contributed by atoms with van der Waals surface area (Å²) in [5, 5.41) is 14.3. The number of hydrogen-bond donors (Lipinski definition) is 1. The summed E-state index contributed by atoms with van der Waals surface area (Å²) >= 11 is 4.33. The van der Waals surface area contributed by atoms with E-state index in [-0.39, 0.29) is 21.4 Å². The van der Waals surface area contributed by atoms with Crippen LogP contribution in [0.15, 0.2) is 63.3 Å². The number of aryl methyl sites for hydroxylation is 1. The Morgan fingerprint density at radius 1 is 1.33 bits per heavy atom. The van der Waals surface area contributed by atoms with Gasteiger partial charge in [0.25, 0.3) is 11.6 Å². The van der Waals surface area contributed by atoms with Gasteiger partial charge in [-0.05, 0) is 58.0 Å². The molecule has 7 nitrogen and oxygen atoms in total. The van der Waals surface area contributed by atoms with Crippen LogP contribution >= 0.6 is 27.7 Å². The van der Waals surface area contributed by atoms with Crippen molar-refractivity contribution >= 4 is 45.0 Å². The second-order valence-electron chi connectivity index (χ2n) is 5.44. The highest BCUT2D eigenvalue weighted by molar-refractivity contribution is 9.10. The third-order valence-electron chi connectivity index (χ3n) is 3.57. The molecule has 0 saturated carbocycles. The molecule has 0 aliphatic carbocycles. The van der Waals surface area contributed by atoms with E-state index < -0.39 is 16.6 Å². The van der Waals surface area contributed by atoms with E-state index in [9.17, 15) is 19.3 Å². The molecule has 0 radical (unpaired) electrons. The Hall–Kier alpha value is -2.72. The maximum absolute atomic E-state index is 13.7. The van der Waals surface area contributed by atoms with Gasteiger partial charge >= 0.3 is 0 Å². The summed E-state index contributed by atoms with van der Waals surface area (Å²) in [7, 11) is 1.82. The van der Waals surface area contributed by atoms with Crippen molar-refractivity contribution in [3.8, 4) is 0 Å². The van der Waals surface area contributed by atoms with Crippen molar-refractivity contribution in [2.75, 3.05) is 5.32 Å². The number of halogens is 2. The number of carbonyl (C=O) groups is 1. The number of nitrogens with zero attached hydrogens (tertiary/aromatic N) is 3. The standard InChI is InChI=1S/C17H12BrFN4O3S/c1-22-7-6-20-17(22)27-15-5-3-11(19)9-13(15)21-16(24)10-2-4-12(18)14(8-10)23(25)26/h2-9H,1H3,(H,21,24). The van der Waals surface area contributed by atoms with Gasteiger partial charge in [0.15, 0.2) is 5.16 Å². The average molecular weight is 451 g/mol. The summed E-state index contributed by atoms with van der Waals surface area (Å²) in [5.41, 5.74) is 0.102. The van der Waals surface area contributed by atoms with Crippen LogP contribution < -0.4 is 5.32 Å². The average Bonchev–Trinajstić information content (AvgIpc) is 3.02. The maximum atomic E-state index is 13.7. The summed E-state index contributed by atoms with van der Waals surface area (Å²) in [6.07, 6.45) is 3.40. The minimum atomic E-state index is -0.592. The van der Waals surface area contributed by atoms with Crippen LogP contribution in [0.3, 0.4) is 0 Å². The number of carbonyl (C=O) groups excluding carboxylic acids is 1. The summed E-state index contributed by atoms with van der Waals surface area (Å²) in [6, 6.07) is 8.03. The fraction of sp³-hybridized carbons (Fsp3) is 0.0588. The van der Waals surface area contributed by atoms with E-state index in [1.807, 2.05) is 7.05 Å². The molecular weight excluding hydrogens is 439 g/mol. The molecule has 1 N–H and O–H groups in total. The molecule has 138 valence electrons. The van der Waals surface area contributed by atoms with E-state index in [1.54, 1.807) is 17.0 Å². The lowest BCUT2D eigenvalue weighted by molar-refractivity contribution is -0.385. The Morgan fingerprint density at radius 3 is 2.78 bits per heavy atom. The lowest BCUT2D eigenvalue weighted by Gasteiger charge is -2.11. The number of imidazole rings is 1. The smallest absolute Gasteiger partial charge is 0.284 e. The lowest BCUT2D eigenvalue weighted by atomic mass is 10.2. The van der Waals surface area contributed by atoms with Crippen LogP contribution in [-0.2, 0) is 7.05 Å². The number of anilines is 1. The van der Waals surface area contributed by atoms with Gasteiger partial charge < -0.3 is 9.88 Å². The second-order valence-corrected chi connectivity index (χ2v) is 7.30. The minimum absolute atomic E-state index is 0.0853. The molecule has 3 aromatic rings. The van der Waals surface area contributed by atoms with Crippen LogP contribution in [0, 0.1) is 15.9 Å². The highest BCUT2D eigenvalue weighted by atomic mass is 79.9. The molecule has 27 heavy (non-hydrogen) atoms. The normalized spacial score (nSPS) is 10.6. The highest BCUT2D eigenvalue weighted by Crippen LogP contribution is 2.33. The van der Waals surface area contributed by atoms with E-state index in [0.717, 1.165) is 6.07 Å². The summed E-state index contributed by atoms with van der Waals surface area (Å²) in [6.45, 7) is 0. The number of benzene rings is 2. The Labute approximate surface area is 165 Å². The van der Waals surface area contributed by atoms with E-state index in [1.165, 1.54) is 42.1 Å². The number of amides is 1. The zero-order chi connectivity index (χ0) is 19.6. The molecule has 1 heterocycles. The van der Waals surface area contributed by atoms with E-state index in [0.29, 0.717) is 10.1 Å². The zero-order valence-electron chi connectivity index (χ0n) is 13.8. The third-order valence-corrected chi connectivity index (χ3v) is 5.40. The third kappa shape index (κ3) is 4.34. The molecule has 0 fully saturated rings. The number of nitro groups is 1. The number of nitrogens with one attached hydrogen (secondary N) is 1. The fourth-order valence-electron chi connectivity index (χ4n) is 2.23. The summed E-state index contributed by atoms with van der Waals surface area (Å²) in [4.78, 5) is 27.8. The van der Waals surface area contributed by atoms with Crippen molar-refractivity contribution < 1.29 is 14.1 Å². The summed E-state index contributed by atoms with van der Waals surface area (Å²) < 4.78 is 15.8. The highest BCUT2D eigenvalue weighted by Gasteiger charge is 2.18. The topological polar surface area (TPSA) is 90.1 Å². The molecule has 0 bridgehead atoms. The van der Waals surface area contributed by atoms with Crippen LogP contribution in [0.1, 0.15) is 10.4 Å². The van der Waals surface area contributed by atoms with Crippen LogP contribution in [0.25, 0.3) is 0 Å². The van der Waals surface area contributed by atoms with Crippen molar-refractivity contribution in [3.63, 3.8) is 0 Å². The van der Waals surface area contributed by atoms with Crippen molar-refractivity contribution in [2.45, 2.75) is 10.1 Å². The summed E-state index contributed by atoms with van der Waals surface area (Å²) in [5.74, 6) is -1.10. The fourth-order valence-corrected chi connectivity index (χ4v) is 3.49. The van der Waals surface area contributed by atoms with Crippen molar-refractivity contribution in [3.05, 3.63) is 74.8 Å². The Morgan fingerprint density at radius 2 is 2.11 bits per heavy atom. The van der Waals surface area contributed by atoms with Crippen LogP contribution in [0.5, 0.6) is 0 Å². The van der Waals surface area contributed by atoms with Gasteiger partial charge in [-0.2, -0.15) is 0 Å². The Bertz CT molecular complexity index is 1040. The molecule has 0 atom stereocenters. The first-order chi connectivity index (χ1) is 12.8. The van der Waals surface area contributed by atoms with Crippen molar-refractivity contribution in [1.82, 2.24) is 9.55 Å². The predicted molar refractivity (Wildman–Crippen MR) is 102 cm³/mol. The molecule has 0 saturated heterocycles. The number of aromatic nitrogens is 2. The molecule has 3 rings (SSSR count). The van der Waals surface area contributed by atoms with Gasteiger partial charge in [-0.15, -0.1) is 0 Å². The van der Waals surface area contributed by atoms with Crippen molar-refractivity contribution in [2.24, 2.45) is 7.05 Å². The maximum Gasteiger partial charge on any atom is 0.284 e. The molecule has 0 spiro atoms. The Kier molecular flexibility index (Phi) is 5.57. The molecule has 1 amide bonds. The largest absolute Gasteiger partial charge is 0.329 e. The molecule has 10 heteroatoms.